The van der Waals surface area contributed by atoms with Crippen LogP contribution in [-0.4, -0.2) is 65.4 Å². The van der Waals surface area contributed by atoms with Crippen molar-refractivity contribution in [3.05, 3.63) is 179 Å². The van der Waals surface area contributed by atoms with E-state index in [-0.39, 0.29) is 24.0 Å². The van der Waals surface area contributed by atoms with Gasteiger partial charge in [-0.25, -0.2) is 9.59 Å². The first-order valence-electron chi connectivity index (χ1n) is 21.1. The molecule has 5 aromatic rings. The van der Waals surface area contributed by atoms with Gasteiger partial charge in [0.15, 0.2) is 0 Å². The van der Waals surface area contributed by atoms with Crippen LogP contribution in [0.25, 0.3) is 11.1 Å². The van der Waals surface area contributed by atoms with E-state index < -0.39 is 64.5 Å². The van der Waals surface area contributed by atoms with Gasteiger partial charge < -0.3 is 31.1 Å². The third kappa shape index (κ3) is 10.5. The fraction of sp³-hybridized carbons (Fsp3) is 0.275. The summed E-state index contributed by atoms with van der Waals surface area (Å²) in [5, 5.41) is 20.6. The van der Waals surface area contributed by atoms with E-state index in [0.717, 1.165) is 38.9 Å². The fourth-order valence-corrected chi connectivity index (χ4v) is 9.50. The first-order chi connectivity index (χ1) is 30.3. The molecule has 63 heavy (non-hydrogen) atoms. The molecule has 0 aromatic heterocycles. The van der Waals surface area contributed by atoms with Crippen molar-refractivity contribution in [1.29, 1.82) is 0 Å². The zero-order valence-corrected chi connectivity index (χ0v) is 36.9. The number of ether oxygens (including phenoxy) is 1. The summed E-state index contributed by atoms with van der Waals surface area (Å²) < 4.78 is 4.94. The van der Waals surface area contributed by atoms with Crippen LogP contribution >= 0.6 is 11.8 Å². The Morgan fingerprint density at radius 3 is 1.54 bits per heavy atom. The number of hydrogen-bond donors (Lipinski definition) is 5. The number of fused-ring (bicyclic) bond motifs is 3. The van der Waals surface area contributed by atoms with Gasteiger partial charge in [-0.1, -0.05) is 173 Å². The summed E-state index contributed by atoms with van der Waals surface area (Å²) >= 11 is 1.43. The maximum absolute atomic E-state index is 14.5. The largest absolute Gasteiger partial charge is 0.480 e. The van der Waals surface area contributed by atoms with E-state index in [9.17, 15) is 29.1 Å². The first-order valence-corrected chi connectivity index (χ1v) is 22.1. The second-order valence-electron chi connectivity index (χ2n) is 16.1. The van der Waals surface area contributed by atoms with Gasteiger partial charge in [-0.3, -0.25) is 14.4 Å². The van der Waals surface area contributed by atoms with Crippen molar-refractivity contribution < 1.29 is 33.8 Å². The lowest BCUT2D eigenvalue weighted by Crippen LogP contribution is -2.57. The molecule has 3 unspecified atom stereocenters. The number of allylic oxidation sites excluding steroid dienone is 1. The van der Waals surface area contributed by atoms with Crippen LogP contribution in [0, 0.1) is 11.8 Å². The van der Waals surface area contributed by atoms with Crippen molar-refractivity contribution in [3.8, 4) is 11.1 Å². The highest BCUT2D eigenvalue weighted by Crippen LogP contribution is 2.49. The molecular weight excluding hydrogens is 813 g/mol. The van der Waals surface area contributed by atoms with E-state index in [2.05, 4.69) is 21.3 Å². The minimum absolute atomic E-state index is 0.00558. The summed E-state index contributed by atoms with van der Waals surface area (Å²) in [6, 6.07) is 42.0. The molecule has 1 aliphatic rings. The van der Waals surface area contributed by atoms with Gasteiger partial charge in [0.2, 0.25) is 11.8 Å². The normalized spacial score (nSPS) is 13.9. The van der Waals surface area contributed by atoms with Crippen LogP contribution < -0.4 is 21.3 Å². The number of carbonyl (C=O) groups excluding carboxylic acids is 4. The monoisotopic (exact) mass is 866 g/mol. The van der Waals surface area contributed by atoms with Crippen molar-refractivity contribution in [3.63, 3.8) is 0 Å². The summed E-state index contributed by atoms with van der Waals surface area (Å²) in [5.74, 6) is -4.44. The molecule has 5 aromatic carbocycles. The molecule has 0 fully saturated rings. The number of thioether (sulfide) groups is 1. The molecule has 0 aliphatic heterocycles. The molecule has 5 N–H and O–H groups in total. The van der Waals surface area contributed by atoms with Crippen molar-refractivity contribution >= 4 is 41.5 Å². The summed E-state index contributed by atoms with van der Waals surface area (Å²) in [5.41, 5.74) is 6.86. The molecule has 0 spiro atoms. The Bertz CT molecular complexity index is 2280. The highest BCUT2D eigenvalue weighted by Gasteiger charge is 2.40. The van der Waals surface area contributed by atoms with Crippen molar-refractivity contribution in [2.75, 3.05) is 12.4 Å². The molecule has 0 bridgehead atoms. The Labute approximate surface area is 373 Å². The van der Waals surface area contributed by atoms with Crippen LogP contribution in [-0.2, 0) is 28.7 Å². The predicted octanol–water partition coefficient (Wildman–Crippen LogP) is 8.01. The summed E-state index contributed by atoms with van der Waals surface area (Å²) in [4.78, 5) is 67.9. The lowest BCUT2D eigenvalue weighted by atomic mass is 9.84. The third-order valence-electron chi connectivity index (χ3n) is 11.2. The number of amides is 4. The number of alkyl carbamates (subject to hydrolysis) is 1. The summed E-state index contributed by atoms with van der Waals surface area (Å²) in [7, 11) is 0. The highest BCUT2D eigenvalue weighted by molar-refractivity contribution is 8.00. The minimum Gasteiger partial charge on any atom is -0.480 e. The number of carboxylic acids is 1. The molecule has 1 aliphatic carbocycles. The molecule has 11 nitrogen and oxygen atoms in total. The quantitative estimate of drug-likeness (QED) is 0.0437. The molecule has 0 heterocycles. The van der Waals surface area contributed by atoms with Crippen LogP contribution in [0.1, 0.15) is 68.4 Å². The smallest absolute Gasteiger partial charge is 0.407 e. The summed E-state index contributed by atoms with van der Waals surface area (Å²) in [6.07, 6.45) is 0.583. The number of aliphatic carboxylic acids is 1. The number of nitrogens with one attached hydrogen (secondary N) is 4. The van der Waals surface area contributed by atoms with E-state index in [0.29, 0.717) is 0 Å². The van der Waals surface area contributed by atoms with Crippen LogP contribution in [0.2, 0.25) is 0 Å². The third-order valence-corrected chi connectivity index (χ3v) is 12.9. The number of rotatable bonds is 18. The average Bonchev–Trinajstić information content (AvgIpc) is 3.62. The molecule has 12 heteroatoms. The van der Waals surface area contributed by atoms with Crippen molar-refractivity contribution in [1.82, 2.24) is 21.3 Å². The van der Waals surface area contributed by atoms with Gasteiger partial charge in [-0.15, -0.1) is 11.8 Å². The Balaban J connectivity index is 1.28. The standard InChI is InChI=1S/C51H54N4O7S/c1-6-42(46(56)54-45(33(4)5)49(59)60)52-47(57)43(31-63-51(34-20-10-7-11-21-34,35-22-12-8-13-23-35)36-24-14-9-15-25-36)53-48(58)44(32(2)3)55-50(61)62-30-41-39-28-18-16-26-37(39)38-27-17-19-29-40(38)41/h6-29,32-33,41,43-45H,30-31H2,1-5H3,(H,52,57)(H,53,58)(H,54,56)(H,55,61)(H,59,60)/b42-6-. The molecule has 0 radical (unpaired) electrons. The highest BCUT2D eigenvalue weighted by atomic mass is 32.2. The zero-order valence-electron chi connectivity index (χ0n) is 36.0. The van der Waals surface area contributed by atoms with Gasteiger partial charge in [-0.2, -0.15) is 0 Å². The minimum atomic E-state index is -1.27. The second-order valence-corrected chi connectivity index (χ2v) is 17.3. The van der Waals surface area contributed by atoms with Crippen molar-refractivity contribution in [2.24, 2.45) is 11.8 Å². The number of carboxylic acid groups (broad SMARTS) is 1. The predicted molar refractivity (Wildman–Crippen MR) is 247 cm³/mol. The Morgan fingerprint density at radius 2 is 1.10 bits per heavy atom. The van der Waals surface area contributed by atoms with Crippen LogP contribution in [0.5, 0.6) is 0 Å². The molecule has 326 valence electrons. The number of benzene rings is 5. The molecule has 0 saturated carbocycles. The molecule has 0 saturated heterocycles. The van der Waals surface area contributed by atoms with Crippen LogP contribution in [0.4, 0.5) is 4.79 Å². The van der Waals surface area contributed by atoms with Gasteiger partial charge in [0.05, 0.1) is 4.75 Å². The average molecular weight is 867 g/mol. The maximum Gasteiger partial charge on any atom is 0.407 e. The lowest BCUT2D eigenvalue weighted by Gasteiger charge is -2.36. The van der Waals surface area contributed by atoms with E-state index >= 15 is 0 Å². The molecule has 6 rings (SSSR count). The second kappa shape index (κ2) is 20.9. The SMILES string of the molecule is C/C=C(\NC(=O)C(CSC(c1ccccc1)(c1ccccc1)c1ccccc1)NC(=O)C(NC(=O)OCC1c2ccccc2-c2ccccc21)C(C)C)C(=O)NC(C(=O)O)C(C)C. The van der Waals surface area contributed by atoms with E-state index in [4.69, 9.17) is 4.74 Å². The Hall–Kier alpha value is -6.66. The first kappa shape index (κ1) is 45.9. The van der Waals surface area contributed by atoms with Gasteiger partial charge in [0, 0.05) is 11.7 Å². The van der Waals surface area contributed by atoms with E-state index in [1.165, 1.54) is 17.8 Å². The van der Waals surface area contributed by atoms with E-state index in [1.807, 2.05) is 140 Å². The Kier molecular flexibility index (Phi) is 15.2. The number of hydrogen-bond acceptors (Lipinski definition) is 7. The van der Waals surface area contributed by atoms with Crippen molar-refractivity contribution in [2.45, 2.75) is 63.4 Å². The van der Waals surface area contributed by atoms with Crippen LogP contribution in [0.15, 0.2) is 151 Å². The number of carbonyl (C=O) groups is 5. The van der Waals surface area contributed by atoms with Gasteiger partial charge in [-0.05, 0) is 57.7 Å². The van der Waals surface area contributed by atoms with E-state index in [1.54, 1.807) is 34.6 Å². The van der Waals surface area contributed by atoms with Gasteiger partial charge >= 0.3 is 12.1 Å². The Morgan fingerprint density at radius 1 is 0.635 bits per heavy atom. The lowest BCUT2D eigenvalue weighted by molar-refractivity contribution is -0.142. The molecule has 4 amide bonds. The zero-order chi connectivity index (χ0) is 45.1. The molecular formula is C51H54N4O7S. The molecule has 3 atom stereocenters. The summed E-state index contributed by atoms with van der Waals surface area (Å²) in [6.45, 7) is 8.47. The van der Waals surface area contributed by atoms with Gasteiger partial charge in [0.25, 0.3) is 5.91 Å². The fourth-order valence-electron chi connectivity index (χ4n) is 7.94. The topological polar surface area (TPSA) is 163 Å². The van der Waals surface area contributed by atoms with Crippen LogP contribution in [0.3, 0.4) is 0 Å². The maximum atomic E-state index is 14.5. The van der Waals surface area contributed by atoms with Gasteiger partial charge in [0.1, 0.15) is 30.4 Å².